The quantitative estimate of drug-likeness (QED) is 0.507. The normalized spacial score (nSPS) is 14.8. The lowest BCUT2D eigenvalue weighted by atomic mass is 9.98. The van der Waals surface area contributed by atoms with Gasteiger partial charge in [-0.2, -0.15) is 5.26 Å². The Bertz CT molecular complexity index is 825. The third-order valence-electron chi connectivity index (χ3n) is 4.81. The number of rotatable bonds is 7. The van der Waals surface area contributed by atoms with Crippen LogP contribution in [0.5, 0.6) is 10.9 Å². The second-order valence-corrected chi connectivity index (χ2v) is 7.76. The Kier molecular flexibility index (Phi) is 9.63. The molecule has 0 radical (unpaired) electrons. The van der Waals surface area contributed by atoms with Gasteiger partial charge in [0.15, 0.2) is 0 Å². The average molecular weight is 410 g/mol. The van der Waals surface area contributed by atoms with Crippen molar-refractivity contribution in [2.75, 3.05) is 19.6 Å². The summed E-state index contributed by atoms with van der Waals surface area (Å²) in [6.45, 7) is 12.8. The molecule has 0 amide bonds. The number of nitriles is 1. The molecule has 0 aliphatic carbocycles. The van der Waals surface area contributed by atoms with Gasteiger partial charge >= 0.3 is 0 Å². The van der Waals surface area contributed by atoms with Crippen LogP contribution in [0, 0.1) is 24.2 Å². The SMILES string of the molecule is C=C/C=C\c1sc(Oc2ccc(CCN3CCC(C#N)CC3)cc2)nc1C.CC. The van der Waals surface area contributed by atoms with Crippen molar-refractivity contribution in [3.63, 3.8) is 0 Å². The van der Waals surface area contributed by atoms with Crippen LogP contribution in [0.2, 0.25) is 0 Å². The van der Waals surface area contributed by atoms with Gasteiger partial charge in [0.25, 0.3) is 5.19 Å². The van der Waals surface area contributed by atoms with Crippen molar-refractivity contribution in [1.82, 2.24) is 9.88 Å². The molecule has 5 heteroatoms. The molecule has 0 spiro atoms. The first-order chi connectivity index (χ1) is 14.2. The number of aromatic nitrogens is 1. The van der Waals surface area contributed by atoms with Crippen LogP contribution in [0.4, 0.5) is 0 Å². The number of aryl methyl sites for hydroxylation is 1. The number of piperidine rings is 1. The predicted molar refractivity (Wildman–Crippen MR) is 122 cm³/mol. The molecule has 1 aliphatic heterocycles. The lowest BCUT2D eigenvalue weighted by Crippen LogP contribution is -2.34. The first-order valence-electron chi connectivity index (χ1n) is 10.3. The lowest BCUT2D eigenvalue weighted by Gasteiger charge is -2.28. The summed E-state index contributed by atoms with van der Waals surface area (Å²) in [7, 11) is 0. The molecule has 1 aromatic carbocycles. The molecule has 0 atom stereocenters. The molecule has 1 saturated heterocycles. The Balaban J connectivity index is 0.00000145. The minimum absolute atomic E-state index is 0.250. The Morgan fingerprint density at radius 3 is 2.59 bits per heavy atom. The zero-order valence-electron chi connectivity index (χ0n) is 17.7. The highest BCUT2D eigenvalue weighted by molar-refractivity contribution is 7.14. The van der Waals surface area contributed by atoms with Crippen LogP contribution in [-0.4, -0.2) is 29.5 Å². The van der Waals surface area contributed by atoms with E-state index in [1.807, 2.05) is 45.1 Å². The summed E-state index contributed by atoms with van der Waals surface area (Å²) in [5.74, 6) is 1.06. The molecule has 29 heavy (non-hydrogen) atoms. The van der Waals surface area contributed by atoms with Crippen molar-refractivity contribution >= 4 is 17.4 Å². The van der Waals surface area contributed by atoms with Crippen LogP contribution in [0.15, 0.2) is 43.0 Å². The maximum absolute atomic E-state index is 8.98. The van der Waals surface area contributed by atoms with Gasteiger partial charge in [-0.05, 0) is 63.0 Å². The number of thiazole rings is 1. The van der Waals surface area contributed by atoms with Gasteiger partial charge < -0.3 is 9.64 Å². The first-order valence-corrected chi connectivity index (χ1v) is 11.1. The van der Waals surface area contributed by atoms with Crippen molar-refractivity contribution in [2.24, 2.45) is 5.92 Å². The smallest absolute Gasteiger partial charge is 0.279 e. The van der Waals surface area contributed by atoms with E-state index in [9.17, 15) is 0 Å². The zero-order chi connectivity index (χ0) is 21.1. The van der Waals surface area contributed by atoms with Gasteiger partial charge in [-0.25, -0.2) is 4.98 Å². The van der Waals surface area contributed by atoms with Crippen LogP contribution in [0.1, 0.15) is 42.8 Å². The van der Waals surface area contributed by atoms with E-state index < -0.39 is 0 Å². The number of allylic oxidation sites excluding steroid dienone is 2. The highest BCUT2D eigenvalue weighted by Gasteiger charge is 2.18. The van der Waals surface area contributed by atoms with E-state index in [-0.39, 0.29) is 5.92 Å². The van der Waals surface area contributed by atoms with Gasteiger partial charge in [0.1, 0.15) is 5.75 Å². The Morgan fingerprint density at radius 1 is 1.28 bits per heavy atom. The number of likely N-dealkylation sites (tertiary alicyclic amines) is 1. The molecular formula is C24H31N3OS. The van der Waals surface area contributed by atoms with E-state index in [1.54, 1.807) is 6.08 Å². The topological polar surface area (TPSA) is 49.1 Å². The Morgan fingerprint density at radius 2 is 1.97 bits per heavy atom. The summed E-state index contributed by atoms with van der Waals surface area (Å²) in [6, 6.07) is 10.6. The van der Waals surface area contributed by atoms with Gasteiger partial charge in [0.2, 0.25) is 0 Å². The van der Waals surface area contributed by atoms with Crippen molar-refractivity contribution in [1.29, 1.82) is 5.26 Å². The monoisotopic (exact) mass is 409 g/mol. The molecule has 2 heterocycles. The summed E-state index contributed by atoms with van der Waals surface area (Å²) in [4.78, 5) is 8.01. The maximum Gasteiger partial charge on any atom is 0.279 e. The molecule has 1 aliphatic rings. The molecule has 0 bridgehead atoms. The van der Waals surface area contributed by atoms with Crippen LogP contribution in [0.25, 0.3) is 6.08 Å². The molecule has 2 aromatic rings. The number of benzene rings is 1. The summed E-state index contributed by atoms with van der Waals surface area (Å²) < 4.78 is 5.90. The highest BCUT2D eigenvalue weighted by Crippen LogP contribution is 2.30. The first kappa shape index (κ1) is 22.9. The molecule has 154 valence electrons. The van der Waals surface area contributed by atoms with Gasteiger partial charge in [-0.3, -0.25) is 0 Å². The molecule has 0 saturated carbocycles. The van der Waals surface area contributed by atoms with E-state index in [0.29, 0.717) is 5.19 Å². The van der Waals surface area contributed by atoms with Crippen molar-refractivity contribution in [3.05, 3.63) is 59.1 Å². The summed E-state index contributed by atoms with van der Waals surface area (Å²) in [5.41, 5.74) is 2.26. The number of hydrogen-bond donors (Lipinski definition) is 0. The van der Waals surface area contributed by atoms with E-state index >= 15 is 0 Å². The van der Waals surface area contributed by atoms with Gasteiger partial charge in [-0.1, -0.05) is 56.0 Å². The second kappa shape index (κ2) is 12.2. The van der Waals surface area contributed by atoms with E-state index in [1.165, 1.54) is 16.9 Å². The third-order valence-corrected chi connectivity index (χ3v) is 5.81. The molecule has 3 rings (SSSR count). The number of nitrogens with zero attached hydrogens (tertiary/aromatic N) is 3. The molecule has 0 unspecified atom stereocenters. The van der Waals surface area contributed by atoms with E-state index in [4.69, 9.17) is 10.00 Å². The zero-order valence-corrected chi connectivity index (χ0v) is 18.5. The average Bonchev–Trinajstić information content (AvgIpc) is 3.12. The molecule has 0 N–H and O–H groups in total. The minimum Gasteiger partial charge on any atom is -0.431 e. The highest BCUT2D eigenvalue weighted by atomic mass is 32.1. The van der Waals surface area contributed by atoms with Crippen molar-refractivity contribution in [3.8, 4) is 17.0 Å². The largest absolute Gasteiger partial charge is 0.431 e. The summed E-state index contributed by atoms with van der Waals surface area (Å²) >= 11 is 1.53. The van der Waals surface area contributed by atoms with Crippen molar-refractivity contribution in [2.45, 2.75) is 40.0 Å². The number of hydrogen-bond acceptors (Lipinski definition) is 5. The van der Waals surface area contributed by atoms with Crippen LogP contribution in [-0.2, 0) is 6.42 Å². The fraction of sp³-hybridized carbons (Fsp3) is 0.417. The van der Waals surface area contributed by atoms with E-state index in [2.05, 4.69) is 34.7 Å². The predicted octanol–water partition coefficient (Wildman–Crippen LogP) is 6.25. The van der Waals surface area contributed by atoms with Crippen LogP contribution >= 0.6 is 11.3 Å². The number of ether oxygens (including phenoxy) is 1. The summed E-state index contributed by atoms with van der Waals surface area (Å²) in [5, 5.41) is 9.64. The van der Waals surface area contributed by atoms with Crippen LogP contribution in [0.3, 0.4) is 0 Å². The maximum atomic E-state index is 8.98. The van der Waals surface area contributed by atoms with Crippen LogP contribution < -0.4 is 4.74 Å². The molecule has 1 aromatic heterocycles. The fourth-order valence-corrected chi connectivity index (χ4v) is 3.98. The van der Waals surface area contributed by atoms with Crippen molar-refractivity contribution < 1.29 is 4.74 Å². The second-order valence-electron chi connectivity index (χ2n) is 6.77. The molecular weight excluding hydrogens is 378 g/mol. The molecule has 1 fully saturated rings. The fourth-order valence-electron chi connectivity index (χ4n) is 3.13. The Hall–Kier alpha value is -2.42. The molecule has 4 nitrogen and oxygen atoms in total. The summed E-state index contributed by atoms with van der Waals surface area (Å²) in [6.07, 6.45) is 8.67. The standard InChI is InChI=1S/C22H25N3OS.C2H6/c1-3-4-5-21-17(2)24-22(27-21)26-20-8-6-18(7-9-20)10-13-25-14-11-19(16-23)12-15-25;1-2/h3-9,19H,1,10-15H2,2H3;1-2H3/b5-4-;. The van der Waals surface area contributed by atoms with E-state index in [0.717, 1.165) is 55.2 Å². The van der Waals surface area contributed by atoms with Gasteiger partial charge in [-0.15, -0.1) is 0 Å². The Labute approximate surface area is 179 Å². The van der Waals surface area contributed by atoms with Gasteiger partial charge in [0, 0.05) is 12.5 Å². The minimum atomic E-state index is 0.250. The lowest BCUT2D eigenvalue weighted by molar-refractivity contribution is 0.208. The third kappa shape index (κ3) is 7.16. The van der Waals surface area contributed by atoms with Gasteiger partial charge in [0.05, 0.1) is 16.6 Å².